The molecule has 0 saturated carbocycles. The van der Waals surface area contributed by atoms with Gasteiger partial charge >= 0.3 is 0 Å². The molecule has 0 fully saturated rings. The van der Waals surface area contributed by atoms with Crippen molar-refractivity contribution in [2.24, 2.45) is 0 Å². The molecule has 0 radical (unpaired) electrons. The minimum absolute atomic E-state index is 0. The first-order chi connectivity index (χ1) is 4.24. The van der Waals surface area contributed by atoms with E-state index in [1.165, 1.54) is 18.2 Å². The van der Waals surface area contributed by atoms with Crippen molar-refractivity contribution >= 4 is 0 Å². The second kappa shape index (κ2) is 75.9. The molecule has 10 heavy (non-hydrogen) atoms. The van der Waals surface area contributed by atoms with Gasteiger partial charge in [-0.25, -0.2) is 58.7 Å². The third-order valence-electron chi connectivity index (χ3n) is 0. The number of allylic oxidation sites excluding steroid dienone is 3. The fraction of sp³-hybridized carbons (Fsp3) is 0. The Morgan fingerprint density at radius 2 is 0.700 bits per heavy atom. The summed E-state index contributed by atoms with van der Waals surface area (Å²) in [5.41, 5.74) is 0. The fourth-order valence-corrected chi connectivity index (χ4v) is 0. The first-order valence-corrected chi connectivity index (χ1v) is 2.45. The summed E-state index contributed by atoms with van der Waals surface area (Å²) in [6, 6.07) is 0. The van der Waals surface area contributed by atoms with Crippen molar-refractivity contribution in [3.8, 4) is 0 Å². The van der Waals surface area contributed by atoms with Crippen molar-refractivity contribution in [3.63, 3.8) is 0 Å². The van der Waals surface area contributed by atoms with E-state index in [2.05, 4.69) is 40.5 Å². The number of hydrogen-bond donors (Lipinski definition) is 0. The van der Waals surface area contributed by atoms with Crippen molar-refractivity contribution < 1.29 is 21.1 Å². The van der Waals surface area contributed by atoms with Crippen LogP contribution in [-0.2, 0) is 21.1 Å². The smallest absolute Gasteiger partial charge is 0 e. The van der Waals surface area contributed by atoms with E-state index in [0.29, 0.717) is 0 Å². The predicted molar refractivity (Wildman–Crippen MR) is 46.7 cm³/mol. The van der Waals surface area contributed by atoms with Gasteiger partial charge in [0.1, 0.15) is 0 Å². The van der Waals surface area contributed by atoms with Gasteiger partial charge in [-0.3, -0.25) is 0 Å². The molecule has 0 aromatic rings. The van der Waals surface area contributed by atoms with Gasteiger partial charge in [0.25, 0.3) is 0 Å². The van der Waals surface area contributed by atoms with Gasteiger partial charge in [-0.15, -0.1) is 0 Å². The maximum absolute atomic E-state index is 3.25. The zero-order valence-corrected chi connectivity index (χ0v) is 8.56. The SMILES string of the molecule is C=C[CH2-].C=C[CH2-].C=C[CH2-].[Pt]. The van der Waals surface area contributed by atoms with Gasteiger partial charge < -0.3 is 0 Å². The molecule has 0 rings (SSSR count). The molecule has 0 unspecified atom stereocenters. The average Bonchev–Trinajstić information content (AvgIpc) is 1.70. The van der Waals surface area contributed by atoms with Crippen LogP contribution in [0.15, 0.2) is 38.0 Å². The summed E-state index contributed by atoms with van der Waals surface area (Å²) in [5, 5.41) is 0. The van der Waals surface area contributed by atoms with E-state index in [4.69, 9.17) is 0 Å². The fourth-order valence-electron chi connectivity index (χ4n) is 0. The molecule has 0 N–H and O–H groups in total. The van der Waals surface area contributed by atoms with E-state index in [1.54, 1.807) is 0 Å². The molecular weight excluding hydrogens is 303 g/mol. The molecule has 0 aromatic carbocycles. The molecule has 0 amide bonds. The van der Waals surface area contributed by atoms with Gasteiger partial charge in [0, 0.05) is 21.1 Å². The van der Waals surface area contributed by atoms with Crippen molar-refractivity contribution in [2.45, 2.75) is 0 Å². The maximum atomic E-state index is 3.25. The molecule has 0 aromatic heterocycles. The molecule has 0 aliphatic rings. The Morgan fingerprint density at radius 3 is 0.700 bits per heavy atom. The van der Waals surface area contributed by atoms with Crippen LogP contribution in [0.3, 0.4) is 0 Å². The molecule has 0 spiro atoms. The van der Waals surface area contributed by atoms with Gasteiger partial charge in [-0.2, -0.15) is 0 Å². The van der Waals surface area contributed by atoms with Crippen molar-refractivity contribution in [1.29, 1.82) is 0 Å². The number of hydrogen-bond acceptors (Lipinski definition) is 0. The van der Waals surface area contributed by atoms with Crippen molar-refractivity contribution in [1.82, 2.24) is 0 Å². The van der Waals surface area contributed by atoms with Crippen LogP contribution in [0.4, 0.5) is 0 Å². The summed E-state index contributed by atoms with van der Waals surface area (Å²) in [4.78, 5) is 0. The van der Waals surface area contributed by atoms with Crippen LogP contribution in [0.5, 0.6) is 0 Å². The summed E-state index contributed by atoms with van der Waals surface area (Å²) in [6.45, 7) is 19.5. The average molecular weight is 318 g/mol. The molecule has 64 valence electrons. The van der Waals surface area contributed by atoms with Gasteiger partial charge in [-0.1, -0.05) is 0 Å². The zero-order valence-electron chi connectivity index (χ0n) is 6.29. The van der Waals surface area contributed by atoms with E-state index in [9.17, 15) is 0 Å². The predicted octanol–water partition coefficient (Wildman–Crippen LogP) is 3.02. The van der Waals surface area contributed by atoms with Gasteiger partial charge in [-0.05, 0) is 0 Å². The minimum Gasteiger partial charge on any atom is -0.245 e. The minimum atomic E-state index is 0. The largest absolute Gasteiger partial charge is 0.245 e. The first kappa shape index (κ1) is 22.7. The van der Waals surface area contributed by atoms with Gasteiger partial charge in [0.05, 0.1) is 0 Å². The molecule has 0 nitrogen and oxygen atoms in total. The van der Waals surface area contributed by atoms with Gasteiger partial charge in [0.15, 0.2) is 0 Å². The molecule has 0 aliphatic heterocycles. The Hall–Kier alpha value is -0.482. The van der Waals surface area contributed by atoms with Crippen LogP contribution in [-0.4, -0.2) is 0 Å². The van der Waals surface area contributed by atoms with E-state index in [0.717, 1.165) is 0 Å². The monoisotopic (exact) mass is 318 g/mol. The number of rotatable bonds is 0. The van der Waals surface area contributed by atoms with Crippen LogP contribution < -0.4 is 0 Å². The van der Waals surface area contributed by atoms with Crippen LogP contribution >= 0.6 is 0 Å². The quantitative estimate of drug-likeness (QED) is 0.602. The van der Waals surface area contributed by atoms with E-state index in [1.807, 2.05) is 0 Å². The van der Waals surface area contributed by atoms with E-state index < -0.39 is 0 Å². The third kappa shape index (κ3) is 1380. The molecule has 0 aliphatic carbocycles. The summed E-state index contributed by atoms with van der Waals surface area (Å²) < 4.78 is 0. The van der Waals surface area contributed by atoms with Gasteiger partial charge in [0.2, 0.25) is 0 Å². The maximum Gasteiger partial charge on any atom is 0 e. The Balaban J connectivity index is -0.0000000257. The Labute approximate surface area is 80.0 Å². The topological polar surface area (TPSA) is 0 Å². The molecule has 0 saturated heterocycles. The van der Waals surface area contributed by atoms with Crippen LogP contribution in [0.2, 0.25) is 0 Å². The van der Waals surface area contributed by atoms with Crippen molar-refractivity contribution in [3.05, 3.63) is 58.7 Å². The third-order valence-corrected chi connectivity index (χ3v) is 0. The first-order valence-electron chi connectivity index (χ1n) is 2.45. The Kier molecular flexibility index (Phi) is 172. The molecular formula is C9H15Pt-3. The normalized spacial score (nSPS) is 3.60. The second-order valence-electron chi connectivity index (χ2n) is 0.866. The van der Waals surface area contributed by atoms with E-state index >= 15 is 0 Å². The van der Waals surface area contributed by atoms with Crippen LogP contribution in [0, 0.1) is 20.8 Å². The van der Waals surface area contributed by atoms with E-state index in [-0.39, 0.29) is 21.1 Å². The molecule has 0 heterocycles. The standard InChI is InChI=1S/3C3H5.Pt/c3*1-3-2;/h3*3H,1-2H2;/q3*-1;. The molecule has 0 bridgehead atoms. The molecule has 1 heteroatoms. The summed E-state index contributed by atoms with van der Waals surface area (Å²) in [5.74, 6) is 0. The zero-order chi connectivity index (χ0) is 8.12. The molecule has 0 atom stereocenters. The summed E-state index contributed by atoms with van der Waals surface area (Å²) in [6.07, 6.45) is 4.50. The summed E-state index contributed by atoms with van der Waals surface area (Å²) in [7, 11) is 0. The Bertz CT molecular complexity index is 41.5. The van der Waals surface area contributed by atoms with Crippen LogP contribution in [0.25, 0.3) is 0 Å². The second-order valence-corrected chi connectivity index (χ2v) is 0.866. The summed E-state index contributed by atoms with van der Waals surface area (Å²) >= 11 is 0. The van der Waals surface area contributed by atoms with Crippen LogP contribution in [0.1, 0.15) is 0 Å². The van der Waals surface area contributed by atoms with Crippen molar-refractivity contribution in [2.75, 3.05) is 0 Å². The Morgan fingerprint density at radius 1 is 0.700 bits per heavy atom.